The summed E-state index contributed by atoms with van der Waals surface area (Å²) in [6, 6.07) is 10.6. The molecule has 1 atom stereocenters. The van der Waals surface area contributed by atoms with Crippen molar-refractivity contribution >= 4 is 5.97 Å². The molecule has 2 aromatic carbocycles. The molecule has 2 aromatic rings. The van der Waals surface area contributed by atoms with Crippen molar-refractivity contribution < 1.29 is 37.0 Å². The topological polar surface area (TPSA) is 66.0 Å². The molecule has 0 aliphatic rings. The normalized spacial score (nSPS) is 12.8. The van der Waals surface area contributed by atoms with Crippen LogP contribution in [0, 0.1) is 0 Å². The smallest absolute Gasteiger partial charge is 0.416 e. The molecule has 0 radical (unpaired) electrons. The van der Waals surface area contributed by atoms with Crippen LogP contribution >= 0.6 is 0 Å². The molecule has 0 aliphatic heterocycles. The maximum absolute atomic E-state index is 12.6. The van der Waals surface area contributed by atoms with E-state index in [1.165, 1.54) is 19.1 Å². The van der Waals surface area contributed by atoms with Gasteiger partial charge in [-0.3, -0.25) is 5.48 Å². The van der Waals surface area contributed by atoms with Crippen molar-refractivity contribution in [2.45, 2.75) is 33.1 Å². The number of carbonyl (C=O) groups is 1. The summed E-state index contributed by atoms with van der Waals surface area (Å²) in [6.07, 6.45) is -3.49. The quantitative estimate of drug-likeness (QED) is 0.258. The van der Waals surface area contributed by atoms with E-state index >= 15 is 0 Å². The van der Waals surface area contributed by atoms with Gasteiger partial charge < -0.3 is 14.2 Å². The second-order valence-corrected chi connectivity index (χ2v) is 6.15. The highest BCUT2D eigenvalue weighted by molar-refractivity contribution is 5.74. The summed E-state index contributed by atoms with van der Waals surface area (Å²) in [5, 5.41) is 0. The van der Waals surface area contributed by atoms with Crippen molar-refractivity contribution in [3.8, 4) is 17.2 Å². The first-order chi connectivity index (χ1) is 14.2. The van der Waals surface area contributed by atoms with E-state index in [2.05, 4.69) is 5.48 Å². The van der Waals surface area contributed by atoms with Crippen LogP contribution in [0.2, 0.25) is 0 Å². The first-order valence-corrected chi connectivity index (χ1v) is 8.98. The van der Waals surface area contributed by atoms with Gasteiger partial charge in [0.15, 0.2) is 6.10 Å². The molecule has 162 valence electrons. The molecule has 0 aromatic heterocycles. The van der Waals surface area contributed by atoms with E-state index in [0.717, 1.165) is 17.8 Å². The van der Waals surface area contributed by atoms with Crippen LogP contribution in [0.3, 0.4) is 0 Å². The molecule has 9 heteroatoms. The number of nitrogens with one attached hydrogen (secondary N) is 1. The Hall–Kier alpha value is -3.20. The zero-order valence-corrected chi connectivity index (χ0v) is 16.7. The van der Waals surface area contributed by atoms with Crippen molar-refractivity contribution in [3.05, 3.63) is 65.9 Å². The van der Waals surface area contributed by atoms with Crippen molar-refractivity contribution in [1.29, 1.82) is 0 Å². The Morgan fingerprint density at radius 1 is 1.03 bits per heavy atom. The standard InChI is InChI=1S/C21H22F3NO5/c1-4-14(2)25-28-13-27-20(26)15(3)29-17-9-11-19(12-10-17)30-18-7-5-16(6-8-18)21(22,23)24/h4-12,15,25H,13H2,1-3H3. The Bertz CT molecular complexity index is 848. The van der Waals surface area contributed by atoms with E-state index < -0.39 is 23.8 Å². The summed E-state index contributed by atoms with van der Waals surface area (Å²) in [5.74, 6) is 0.439. The predicted octanol–water partition coefficient (Wildman–Crippen LogP) is 5.21. The number of hydrogen-bond acceptors (Lipinski definition) is 6. The fraction of sp³-hybridized carbons (Fsp3) is 0.286. The molecule has 6 nitrogen and oxygen atoms in total. The van der Waals surface area contributed by atoms with Gasteiger partial charge in [-0.2, -0.15) is 13.2 Å². The van der Waals surface area contributed by atoms with Crippen LogP contribution in [0.4, 0.5) is 13.2 Å². The lowest BCUT2D eigenvalue weighted by Gasteiger charge is -2.15. The van der Waals surface area contributed by atoms with Crippen LogP contribution in [-0.2, 0) is 20.5 Å². The molecule has 0 aliphatic carbocycles. The van der Waals surface area contributed by atoms with Crippen LogP contribution < -0.4 is 15.0 Å². The van der Waals surface area contributed by atoms with Crippen molar-refractivity contribution in [2.75, 3.05) is 6.79 Å². The molecule has 0 heterocycles. The summed E-state index contributed by atoms with van der Waals surface area (Å²) in [7, 11) is 0. The van der Waals surface area contributed by atoms with Gasteiger partial charge in [-0.05, 0) is 69.3 Å². The summed E-state index contributed by atoms with van der Waals surface area (Å²) >= 11 is 0. The van der Waals surface area contributed by atoms with Crippen LogP contribution in [0.5, 0.6) is 17.2 Å². The molecule has 0 saturated heterocycles. The fourth-order valence-corrected chi connectivity index (χ4v) is 2.09. The van der Waals surface area contributed by atoms with Gasteiger partial charge in [0.2, 0.25) is 6.79 Å². The first-order valence-electron chi connectivity index (χ1n) is 8.98. The van der Waals surface area contributed by atoms with E-state index in [1.807, 2.05) is 6.92 Å². The van der Waals surface area contributed by atoms with Gasteiger partial charge >= 0.3 is 12.1 Å². The number of hydrogen-bond donors (Lipinski definition) is 1. The highest BCUT2D eigenvalue weighted by Crippen LogP contribution is 2.31. The van der Waals surface area contributed by atoms with E-state index in [4.69, 9.17) is 19.0 Å². The Labute approximate surface area is 172 Å². The predicted molar refractivity (Wildman–Crippen MR) is 103 cm³/mol. The average molecular weight is 425 g/mol. The molecule has 0 saturated carbocycles. The van der Waals surface area contributed by atoms with Crippen LogP contribution in [-0.4, -0.2) is 18.9 Å². The number of halogens is 3. The van der Waals surface area contributed by atoms with Gasteiger partial charge in [-0.15, -0.1) is 0 Å². The van der Waals surface area contributed by atoms with Crippen LogP contribution in [0.25, 0.3) is 0 Å². The second-order valence-electron chi connectivity index (χ2n) is 6.15. The maximum atomic E-state index is 12.6. The number of carbonyl (C=O) groups excluding carboxylic acids is 1. The van der Waals surface area contributed by atoms with Crippen LogP contribution in [0.15, 0.2) is 60.3 Å². The van der Waals surface area contributed by atoms with E-state index in [9.17, 15) is 18.0 Å². The number of benzene rings is 2. The number of hydroxylamine groups is 1. The minimum atomic E-state index is -4.40. The minimum Gasteiger partial charge on any atom is -0.479 e. The first kappa shape index (κ1) is 23.1. The molecule has 1 unspecified atom stereocenters. The Balaban J connectivity index is 1.83. The molecule has 0 spiro atoms. The minimum absolute atomic E-state index is 0.260. The third-order valence-electron chi connectivity index (χ3n) is 3.81. The molecule has 0 bridgehead atoms. The number of alkyl halides is 3. The Morgan fingerprint density at radius 3 is 2.10 bits per heavy atom. The third-order valence-corrected chi connectivity index (χ3v) is 3.81. The van der Waals surface area contributed by atoms with Gasteiger partial charge in [0.05, 0.1) is 5.56 Å². The molecular weight excluding hydrogens is 403 g/mol. The van der Waals surface area contributed by atoms with Gasteiger partial charge in [-0.1, -0.05) is 6.08 Å². The zero-order valence-electron chi connectivity index (χ0n) is 16.7. The molecular formula is C21H22F3NO5. The summed E-state index contributed by atoms with van der Waals surface area (Å²) in [4.78, 5) is 16.9. The van der Waals surface area contributed by atoms with Crippen molar-refractivity contribution in [2.24, 2.45) is 0 Å². The van der Waals surface area contributed by atoms with E-state index in [0.29, 0.717) is 11.5 Å². The summed E-state index contributed by atoms with van der Waals surface area (Å²) in [5.41, 5.74) is 2.61. The van der Waals surface area contributed by atoms with E-state index in [-0.39, 0.29) is 12.5 Å². The highest BCUT2D eigenvalue weighted by Gasteiger charge is 2.30. The zero-order chi connectivity index (χ0) is 22.1. The lowest BCUT2D eigenvalue weighted by atomic mass is 10.2. The molecule has 0 fully saturated rings. The largest absolute Gasteiger partial charge is 0.479 e. The lowest BCUT2D eigenvalue weighted by molar-refractivity contribution is -0.168. The van der Waals surface area contributed by atoms with Gasteiger partial charge in [-0.25, -0.2) is 9.63 Å². The van der Waals surface area contributed by atoms with Gasteiger partial charge in [0, 0.05) is 5.70 Å². The Kier molecular flexibility index (Phi) is 8.11. The van der Waals surface area contributed by atoms with Crippen molar-refractivity contribution in [1.82, 2.24) is 5.48 Å². The van der Waals surface area contributed by atoms with E-state index in [1.54, 1.807) is 37.3 Å². The summed E-state index contributed by atoms with van der Waals surface area (Å²) in [6.45, 7) is 4.86. The number of allylic oxidation sites excluding steroid dienone is 2. The number of rotatable bonds is 9. The third kappa shape index (κ3) is 7.32. The van der Waals surface area contributed by atoms with Crippen molar-refractivity contribution in [3.63, 3.8) is 0 Å². The monoisotopic (exact) mass is 425 g/mol. The molecule has 30 heavy (non-hydrogen) atoms. The highest BCUT2D eigenvalue weighted by atomic mass is 19.4. The van der Waals surface area contributed by atoms with Crippen LogP contribution in [0.1, 0.15) is 26.3 Å². The maximum Gasteiger partial charge on any atom is 0.416 e. The second kappa shape index (κ2) is 10.5. The van der Waals surface area contributed by atoms with Gasteiger partial charge in [0.1, 0.15) is 17.2 Å². The van der Waals surface area contributed by atoms with Gasteiger partial charge in [0.25, 0.3) is 0 Å². The Morgan fingerprint density at radius 2 is 1.57 bits per heavy atom. The number of esters is 1. The molecule has 2 rings (SSSR count). The SMILES string of the molecule is CC=C(C)NOCOC(=O)C(C)Oc1ccc(Oc2ccc(C(F)(F)F)cc2)cc1. The lowest BCUT2D eigenvalue weighted by Crippen LogP contribution is -2.28. The molecule has 1 N–H and O–H groups in total. The fourth-order valence-electron chi connectivity index (χ4n) is 2.09. The molecule has 0 amide bonds. The summed E-state index contributed by atoms with van der Waals surface area (Å²) < 4.78 is 53.7. The number of ether oxygens (including phenoxy) is 3. The average Bonchev–Trinajstić information content (AvgIpc) is 2.72.